The van der Waals surface area contributed by atoms with E-state index in [1.165, 1.54) is 6.07 Å². The number of hydrogen-bond donors (Lipinski definition) is 0. The van der Waals surface area contributed by atoms with Gasteiger partial charge in [-0.25, -0.2) is 4.39 Å². The van der Waals surface area contributed by atoms with Crippen LogP contribution in [0.3, 0.4) is 0 Å². The quantitative estimate of drug-likeness (QED) is 0.735. The summed E-state index contributed by atoms with van der Waals surface area (Å²) in [6.07, 6.45) is 3.06. The number of rotatable bonds is 3. The molecule has 1 heterocycles. The first kappa shape index (κ1) is 11.1. The summed E-state index contributed by atoms with van der Waals surface area (Å²) in [6, 6.07) is 3.26. The Morgan fingerprint density at radius 1 is 1.56 bits per heavy atom. The van der Waals surface area contributed by atoms with Gasteiger partial charge in [0, 0.05) is 12.0 Å². The van der Waals surface area contributed by atoms with Crippen LogP contribution >= 0.6 is 0 Å². The second-order valence-electron chi connectivity index (χ2n) is 4.20. The Bertz CT molecular complexity index is 401. The molecule has 0 saturated carbocycles. The average Bonchev–Trinajstić information content (AvgIpc) is 2.29. The molecule has 1 unspecified atom stereocenters. The van der Waals surface area contributed by atoms with Crippen LogP contribution in [0.4, 0.5) is 4.39 Å². The van der Waals surface area contributed by atoms with E-state index >= 15 is 0 Å². The van der Waals surface area contributed by atoms with E-state index in [0.29, 0.717) is 24.3 Å². The highest BCUT2D eigenvalue weighted by Crippen LogP contribution is 2.36. The lowest BCUT2D eigenvalue weighted by Gasteiger charge is -2.23. The van der Waals surface area contributed by atoms with Crippen molar-refractivity contribution in [2.45, 2.75) is 32.1 Å². The van der Waals surface area contributed by atoms with Crippen molar-refractivity contribution in [1.82, 2.24) is 0 Å². The molecule has 1 atom stereocenters. The summed E-state index contributed by atoms with van der Waals surface area (Å²) >= 11 is 0. The molecule has 0 fully saturated rings. The van der Waals surface area contributed by atoms with Gasteiger partial charge >= 0.3 is 0 Å². The Kier molecular flexibility index (Phi) is 3.22. The van der Waals surface area contributed by atoms with Crippen molar-refractivity contribution < 1.29 is 13.9 Å². The Morgan fingerprint density at radius 3 is 3.12 bits per heavy atom. The molecular weight excluding hydrogens is 207 g/mol. The van der Waals surface area contributed by atoms with Crippen LogP contribution in [-0.4, -0.2) is 12.9 Å². The molecule has 0 aliphatic carbocycles. The normalized spacial score (nSPS) is 16.1. The molecule has 0 aromatic heterocycles. The highest BCUT2D eigenvalue weighted by Gasteiger charge is 2.22. The fourth-order valence-electron chi connectivity index (χ4n) is 2.15. The van der Waals surface area contributed by atoms with Crippen molar-refractivity contribution in [3.8, 4) is 5.75 Å². The van der Waals surface area contributed by atoms with Crippen LogP contribution in [0.1, 0.15) is 36.8 Å². The smallest absolute Gasteiger partial charge is 0.130 e. The SMILES string of the molecule is CC(CC=O)c1c(F)ccc2c1OCCC2. The molecule has 3 heteroatoms. The first-order chi connectivity index (χ1) is 7.74. The number of carbonyl (C=O) groups excluding carboxylic acids is 1. The molecule has 2 rings (SSSR count). The van der Waals surface area contributed by atoms with E-state index in [-0.39, 0.29) is 11.7 Å². The molecule has 0 spiro atoms. The second kappa shape index (κ2) is 4.64. The number of halogens is 1. The number of aldehydes is 1. The van der Waals surface area contributed by atoms with Crippen LogP contribution < -0.4 is 4.74 Å². The van der Waals surface area contributed by atoms with Gasteiger partial charge in [0.2, 0.25) is 0 Å². The van der Waals surface area contributed by atoms with Gasteiger partial charge in [-0.1, -0.05) is 13.0 Å². The Balaban J connectivity index is 2.44. The van der Waals surface area contributed by atoms with E-state index in [9.17, 15) is 9.18 Å². The van der Waals surface area contributed by atoms with Crippen molar-refractivity contribution in [3.63, 3.8) is 0 Å². The van der Waals surface area contributed by atoms with E-state index in [4.69, 9.17) is 4.74 Å². The van der Waals surface area contributed by atoms with E-state index in [2.05, 4.69) is 0 Å². The summed E-state index contributed by atoms with van der Waals surface area (Å²) in [7, 11) is 0. The Labute approximate surface area is 94.4 Å². The predicted octanol–water partition coefficient (Wildman–Crippen LogP) is 2.84. The number of aryl methyl sites for hydroxylation is 1. The molecule has 1 aliphatic rings. The summed E-state index contributed by atoms with van der Waals surface area (Å²) < 4.78 is 19.3. The molecule has 86 valence electrons. The van der Waals surface area contributed by atoms with E-state index < -0.39 is 0 Å². The molecule has 1 aromatic carbocycles. The van der Waals surface area contributed by atoms with Crippen LogP contribution in [0, 0.1) is 5.82 Å². The van der Waals surface area contributed by atoms with Gasteiger partial charge in [-0.05, 0) is 30.4 Å². The summed E-state index contributed by atoms with van der Waals surface area (Å²) in [4.78, 5) is 10.5. The molecule has 2 nitrogen and oxygen atoms in total. The number of ether oxygens (including phenoxy) is 1. The van der Waals surface area contributed by atoms with Crippen molar-refractivity contribution in [3.05, 3.63) is 29.1 Å². The largest absolute Gasteiger partial charge is 0.493 e. The molecule has 0 N–H and O–H groups in total. The van der Waals surface area contributed by atoms with Crippen LogP contribution in [0.25, 0.3) is 0 Å². The fraction of sp³-hybridized carbons (Fsp3) is 0.462. The fourth-order valence-corrected chi connectivity index (χ4v) is 2.15. The Hall–Kier alpha value is -1.38. The Morgan fingerprint density at radius 2 is 2.38 bits per heavy atom. The molecule has 1 aliphatic heterocycles. The molecular formula is C13H15FO2. The minimum atomic E-state index is -0.269. The molecule has 0 bridgehead atoms. The predicted molar refractivity (Wildman–Crippen MR) is 59.3 cm³/mol. The van der Waals surface area contributed by atoms with Gasteiger partial charge < -0.3 is 9.53 Å². The molecule has 16 heavy (non-hydrogen) atoms. The number of carbonyl (C=O) groups is 1. The maximum absolute atomic E-state index is 13.8. The van der Waals surface area contributed by atoms with Gasteiger partial charge in [-0.2, -0.15) is 0 Å². The zero-order valence-electron chi connectivity index (χ0n) is 9.33. The standard InChI is InChI=1S/C13H15FO2/c1-9(6-7-15)12-11(14)5-4-10-3-2-8-16-13(10)12/h4-5,7,9H,2-3,6,8H2,1H3. The van der Waals surface area contributed by atoms with Crippen LogP contribution in [0.15, 0.2) is 12.1 Å². The zero-order chi connectivity index (χ0) is 11.5. The summed E-state index contributed by atoms with van der Waals surface area (Å²) in [5.74, 6) is 0.279. The summed E-state index contributed by atoms with van der Waals surface area (Å²) in [5, 5.41) is 0. The molecule has 0 amide bonds. The topological polar surface area (TPSA) is 26.3 Å². The van der Waals surface area contributed by atoms with Gasteiger partial charge in [0.15, 0.2) is 0 Å². The van der Waals surface area contributed by atoms with Gasteiger partial charge in [-0.15, -0.1) is 0 Å². The van der Waals surface area contributed by atoms with Crippen LogP contribution in [-0.2, 0) is 11.2 Å². The number of benzene rings is 1. The number of hydrogen-bond acceptors (Lipinski definition) is 2. The maximum Gasteiger partial charge on any atom is 0.130 e. The lowest BCUT2D eigenvalue weighted by Crippen LogP contribution is -2.13. The maximum atomic E-state index is 13.8. The minimum absolute atomic E-state index is 0.120. The second-order valence-corrected chi connectivity index (χ2v) is 4.20. The highest BCUT2D eigenvalue weighted by molar-refractivity contribution is 5.54. The van der Waals surface area contributed by atoms with Gasteiger partial charge in [0.1, 0.15) is 17.9 Å². The molecule has 0 saturated heterocycles. The van der Waals surface area contributed by atoms with Crippen molar-refractivity contribution in [2.75, 3.05) is 6.61 Å². The third-order valence-electron chi connectivity index (χ3n) is 3.00. The lowest BCUT2D eigenvalue weighted by molar-refractivity contribution is -0.108. The van der Waals surface area contributed by atoms with Crippen molar-refractivity contribution in [1.29, 1.82) is 0 Å². The first-order valence-electron chi connectivity index (χ1n) is 5.61. The third kappa shape index (κ3) is 1.94. The van der Waals surface area contributed by atoms with Crippen molar-refractivity contribution >= 4 is 6.29 Å². The van der Waals surface area contributed by atoms with Crippen LogP contribution in [0.2, 0.25) is 0 Å². The monoisotopic (exact) mass is 222 g/mol. The molecule has 0 radical (unpaired) electrons. The van der Waals surface area contributed by atoms with Crippen LogP contribution in [0.5, 0.6) is 5.75 Å². The highest BCUT2D eigenvalue weighted by atomic mass is 19.1. The zero-order valence-corrected chi connectivity index (χ0v) is 9.33. The minimum Gasteiger partial charge on any atom is -0.493 e. The van der Waals surface area contributed by atoms with Gasteiger partial charge in [0.25, 0.3) is 0 Å². The van der Waals surface area contributed by atoms with E-state index in [1.54, 1.807) is 6.07 Å². The number of fused-ring (bicyclic) bond motifs is 1. The van der Waals surface area contributed by atoms with E-state index in [1.807, 2.05) is 6.92 Å². The van der Waals surface area contributed by atoms with Gasteiger partial charge in [-0.3, -0.25) is 0 Å². The first-order valence-corrected chi connectivity index (χ1v) is 5.61. The third-order valence-corrected chi connectivity index (χ3v) is 3.00. The summed E-state index contributed by atoms with van der Waals surface area (Å²) in [6.45, 7) is 2.49. The van der Waals surface area contributed by atoms with E-state index in [0.717, 1.165) is 24.7 Å². The van der Waals surface area contributed by atoms with Crippen molar-refractivity contribution in [2.24, 2.45) is 0 Å². The summed E-state index contributed by atoms with van der Waals surface area (Å²) in [5.41, 5.74) is 1.62. The molecule has 1 aromatic rings. The lowest BCUT2D eigenvalue weighted by atomic mass is 9.92. The van der Waals surface area contributed by atoms with Gasteiger partial charge in [0.05, 0.1) is 6.61 Å². The average molecular weight is 222 g/mol.